The number of benzene rings is 1. The molecule has 1 aromatic rings. The largest absolute Gasteiger partial charge is 0.473 e. The summed E-state index contributed by atoms with van der Waals surface area (Å²) in [4.78, 5) is 11.5. The van der Waals surface area contributed by atoms with Crippen molar-refractivity contribution in [1.82, 2.24) is 0 Å². The van der Waals surface area contributed by atoms with Gasteiger partial charge >= 0.3 is 0 Å². The van der Waals surface area contributed by atoms with Crippen molar-refractivity contribution in [2.24, 2.45) is 5.41 Å². The summed E-state index contributed by atoms with van der Waals surface area (Å²) in [5, 5.41) is 0. The van der Waals surface area contributed by atoms with Gasteiger partial charge in [0, 0.05) is 3.57 Å². The van der Waals surface area contributed by atoms with Crippen LogP contribution in [0.1, 0.15) is 20.8 Å². The average Bonchev–Trinajstić information content (AvgIpc) is 2.14. The van der Waals surface area contributed by atoms with Gasteiger partial charge in [0.05, 0.1) is 6.61 Å². The molecule has 1 aromatic carbocycles. The molecule has 0 amide bonds. The molecule has 85 valence electrons. The summed E-state index contributed by atoms with van der Waals surface area (Å²) in [6.45, 7) is 6.54. The fourth-order valence-corrected chi connectivity index (χ4v) is 1.63. The van der Waals surface area contributed by atoms with Gasteiger partial charge in [-0.3, -0.25) is 4.79 Å². The molecule has 2 nitrogen and oxygen atoms in total. The minimum Gasteiger partial charge on any atom is -0.473 e. The summed E-state index contributed by atoms with van der Waals surface area (Å²) in [5.74, 6) is -0.281. The predicted octanol–water partition coefficient (Wildman–Crippen LogP) is 2.80. The van der Waals surface area contributed by atoms with Crippen molar-refractivity contribution in [2.45, 2.75) is 20.8 Å². The summed E-state index contributed by atoms with van der Waals surface area (Å²) in [6, 6.07) is 7.74. The number of hydrogen-bond donors (Lipinski definition) is 0. The molecule has 0 aliphatic carbocycles. The molecule has 0 saturated heterocycles. The van der Waals surface area contributed by atoms with Gasteiger partial charge in [0.1, 0.15) is 0 Å². The quantitative estimate of drug-likeness (QED) is 0.630. The maximum absolute atomic E-state index is 11.5. The number of hydrogen-bond acceptors (Lipinski definition) is 2. The first-order valence-electron chi connectivity index (χ1n) is 5.14. The summed E-state index contributed by atoms with van der Waals surface area (Å²) in [7, 11) is 1.52. The summed E-state index contributed by atoms with van der Waals surface area (Å²) >= 11 is 2.21. The lowest BCUT2D eigenvalue weighted by Gasteiger charge is -2.17. The maximum Gasteiger partial charge on any atom is 0.299 e. The highest BCUT2D eigenvalue weighted by Crippen LogP contribution is 2.12. The Labute approximate surface area is 111 Å². The summed E-state index contributed by atoms with van der Waals surface area (Å²) in [6.07, 6.45) is 0. The van der Waals surface area contributed by atoms with Crippen molar-refractivity contribution in [3.05, 3.63) is 27.8 Å². The third-order valence-electron chi connectivity index (χ3n) is 1.78. The van der Waals surface area contributed by atoms with Gasteiger partial charge in [0.15, 0.2) is 0 Å². The third kappa shape index (κ3) is 5.54. The first-order valence-corrected chi connectivity index (χ1v) is 6.22. The molecule has 0 aliphatic rings. The molecule has 0 bridgehead atoms. The van der Waals surface area contributed by atoms with Crippen LogP contribution < -0.4 is 5.46 Å². The molecule has 1 radical (unpaired) electrons. The standard InChI is InChI=1S/C12H15BIO2/c1-12(2,3)8-16-11(15)13-9-5-4-6-10(14)7-9/h4-7H,8H2,1-3H3. The molecular formula is C12H15BIO2. The average molecular weight is 329 g/mol. The Kier molecular flexibility index (Phi) is 4.83. The van der Waals surface area contributed by atoms with E-state index in [1.54, 1.807) is 0 Å². The number of ether oxygens (including phenoxy) is 1. The highest BCUT2D eigenvalue weighted by atomic mass is 127. The molecule has 0 spiro atoms. The lowest BCUT2D eigenvalue weighted by molar-refractivity contribution is 0.127. The zero-order valence-corrected chi connectivity index (χ0v) is 11.9. The molecule has 0 atom stereocenters. The molecule has 0 saturated carbocycles. The first-order chi connectivity index (χ1) is 7.37. The zero-order chi connectivity index (χ0) is 12.2. The maximum atomic E-state index is 11.5. The van der Waals surface area contributed by atoms with E-state index in [0.717, 1.165) is 9.03 Å². The van der Waals surface area contributed by atoms with Crippen molar-refractivity contribution in [1.29, 1.82) is 0 Å². The molecular weight excluding hydrogens is 314 g/mol. The molecule has 4 heteroatoms. The Morgan fingerprint density at radius 1 is 1.44 bits per heavy atom. The van der Waals surface area contributed by atoms with Crippen LogP contribution in [0.3, 0.4) is 0 Å². The van der Waals surface area contributed by atoms with E-state index < -0.39 is 0 Å². The molecule has 0 N–H and O–H groups in total. The highest BCUT2D eigenvalue weighted by molar-refractivity contribution is 14.1. The Morgan fingerprint density at radius 3 is 2.69 bits per heavy atom. The second kappa shape index (κ2) is 5.71. The van der Waals surface area contributed by atoms with Crippen LogP contribution in [0.5, 0.6) is 0 Å². The summed E-state index contributed by atoms with van der Waals surface area (Å²) < 4.78 is 6.26. The van der Waals surface area contributed by atoms with Crippen LogP contribution in [-0.2, 0) is 4.74 Å². The molecule has 0 fully saturated rings. The number of carbonyl (C=O) groups excluding carboxylic acids is 1. The van der Waals surface area contributed by atoms with E-state index in [9.17, 15) is 4.79 Å². The zero-order valence-electron chi connectivity index (χ0n) is 9.79. The van der Waals surface area contributed by atoms with Crippen molar-refractivity contribution < 1.29 is 9.53 Å². The lowest BCUT2D eigenvalue weighted by atomic mass is 9.70. The van der Waals surface area contributed by atoms with E-state index >= 15 is 0 Å². The van der Waals surface area contributed by atoms with Crippen molar-refractivity contribution in [2.75, 3.05) is 6.61 Å². The second-order valence-corrected chi connectivity index (χ2v) is 6.11. The van der Waals surface area contributed by atoms with Gasteiger partial charge < -0.3 is 4.74 Å². The third-order valence-corrected chi connectivity index (χ3v) is 2.45. The minimum atomic E-state index is -0.281. The van der Waals surface area contributed by atoms with E-state index in [0.29, 0.717) is 6.61 Å². The number of halogens is 1. The van der Waals surface area contributed by atoms with Gasteiger partial charge in [-0.05, 0) is 34.1 Å². The van der Waals surface area contributed by atoms with Crippen LogP contribution >= 0.6 is 22.6 Å². The molecule has 16 heavy (non-hydrogen) atoms. The van der Waals surface area contributed by atoms with Crippen LogP contribution in [0.2, 0.25) is 0 Å². The van der Waals surface area contributed by atoms with E-state index in [1.807, 2.05) is 45.0 Å². The van der Waals surface area contributed by atoms with E-state index in [4.69, 9.17) is 4.74 Å². The molecule has 0 aliphatic heterocycles. The van der Waals surface area contributed by atoms with E-state index in [-0.39, 0.29) is 11.3 Å². The van der Waals surface area contributed by atoms with Crippen LogP contribution in [-0.4, -0.2) is 19.8 Å². The van der Waals surface area contributed by atoms with Gasteiger partial charge in [0.25, 0.3) is 13.1 Å². The molecule has 0 unspecified atom stereocenters. The predicted molar refractivity (Wildman–Crippen MR) is 75.4 cm³/mol. The summed E-state index contributed by atoms with van der Waals surface area (Å²) in [5.41, 5.74) is 0.889. The van der Waals surface area contributed by atoms with Gasteiger partial charge in [-0.15, -0.1) is 0 Å². The second-order valence-electron chi connectivity index (χ2n) is 4.87. The Hall–Kier alpha value is -0.515. The van der Waals surface area contributed by atoms with Crippen LogP contribution in [0.25, 0.3) is 0 Å². The Balaban J connectivity index is 2.46. The lowest BCUT2D eigenvalue weighted by Crippen LogP contribution is -2.27. The fourth-order valence-electron chi connectivity index (χ4n) is 1.06. The monoisotopic (exact) mass is 329 g/mol. The van der Waals surface area contributed by atoms with Crippen LogP contribution in [0.4, 0.5) is 4.79 Å². The Morgan fingerprint density at radius 2 is 2.12 bits per heavy atom. The first kappa shape index (κ1) is 13.5. The Bertz CT molecular complexity index is 372. The van der Waals surface area contributed by atoms with Crippen LogP contribution in [0.15, 0.2) is 24.3 Å². The van der Waals surface area contributed by atoms with Crippen molar-refractivity contribution in [3.63, 3.8) is 0 Å². The smallest absolute Gasteiger partial charge is 0.299 e. The van der Waals surface area contributed by atoms with E-state index in [2.05, 4.69) is 22.6 Å². The highest BCUT2D eigenvalue weighted by Gasteiger charge is 2.14. The topological polar surface area (TPSA) is 26.3 Å². The SMILES string of the molecule is CC(C)(C)COC(=O)[B]c1cccc(I)c1. The molecule has 1 rings (SSSR count). The molecule has 0 heterocycles. The fraction of sp³-hybridized carbons (Fsp3) is 0.417. The van der Waals surface area contributed by atoms with Gasteiger partial charge in [-0.25, -0.2) is 0 Å². The van der Waals surface area contributed by atoms with Crippen molar-refractivity contribution in [3.8, 4) is 0 Å². The van der Waals surface area contributed by atoms with Gasteiger partial charge in [0.2, 0.25) is 0 Å². The van der Waals surface area contributed by atoms with Gasteiger partial charge in [-0.2, -0.15) is 0 Å². The number of rotatable bonds is 3. The van der Waals surface area contributed by atoms with Crippen LogP contribution in [0, 0.1) is 8.99 Å². The normalized spacial score (nSPS) is 11.0. The number of carbonyl (C=O) groups is 1. The van der Waals surface area contributed by atoms with Gasteiger partial charge in [-0.1, -0.05) is 44.4 Å². The molecule has 0 aromatic heterocycles. The van der Waals surface area contributed by atoms with E-state index in [1.165, 1.54) is 7.28 Å². The minimum absolute atomic E-state index is 0.00854. The van der Waals surface area contributed by atoms with Crippen molar-refractivity contribution >= 4 is 41.2 Å².